The van der Waals surface area contributed by atoms with Crippen LogP contribution >= 0.6 is 11.6 Å². The first-order valence-electron chi connectivity index (χ1n) is 13.1. The van der Waals surface area contributed by atoms with Crippen molar-refractivity contribution in [2.75, 3.05) is 0 Å². The van der Waals surface area contributed by atoms with Crippen molar-refractivity contribution >= 4 is 50.6 Å². The Bertz CT molecular complexity index is 1890. The lowest BCUT2D eigenvalue weighted by molar-refractivity contribution is 0.100. The lowest BCUT2D eigenvalue weighted by atomic mass is 9.80. The van der Waals surface area contributed by atoms with Gasteiger partial charge in [-0.15, -0.1) is 0 Å². The molecule has 0 fully saturated rings. The third-order valence-electron chi connectivity index (χ3n) is 7.86. The Morgan fingerprint density at radius 2 is 2.00 bits per heavy atom. The number of carbonyl (C=O) groups excluding carboxylic acids is 1. The van der Waals surface area contributed by atoms with Crippen molar-refractivity contribution < 1.29 is 9.18 Å². The number of allylic oxidation sites excluding steroid dienone is 5. The number of nitrogens with one attached hydrogen (secondary N) is 2. The summed E-state index contributed by atoms with van der Waals surface area (Å²) < 4.78 is 14.9. The molecular weight excluding hydrogens is 531 g/mol. The lowest BCUT2D eigenvalue weighted by Gasteiger charge is -2.25. The Morgan fingerprint density at radius 1 is 1.25 bits per heavy atom. The monoisotopic (exact) mass is 560 g/mol. The van der Waals surface area contributed by atoms with Crippen molar-refractivity contribution in [1.82, 2.24) is 14.5 Å². The van der Waals surface area contributed by atoms with E-state index in [0.29, 0.717) is 27.9 Å². The van der Waals surface area contributed by atoms with Gasteiger partial charge in [0.1, 0.15) is 5.82 Å². The van der Waals surface area contributed by atoms with Gasteiger partial charge in [-0.05, 0) is 73.4 Å². The summed E-state index contributed by atoms with van der Waals surface area (Å²) in [6.07, 6.45) is 7.77. The molecule has 1 aliphatic carbocycles. The van der Waals surface area contributed by atoms with Crippen LogP contribution in [0.3, 0.4) is 0 Å². The molecule has 2 aromatic heterocycles. The van der Waals surface area contributed by atoms with E-state index in [1.165, 1.54) is 24.3 Å². The van der Waals surface area contributed by atoms with Crippen LogP contribution in [-0.4, -0.2) is 20.4 Å². The Kier molecular flexibility index (Phi) is 7.14. The van der Waals surface area contributed by atoms with Crippen LogP contribution in [0.4, 0.5) is 4.39 Å². The van der Waals surface area contributed by atoms with Gasteiger partial charge in [0, 0.05) is 27.4 Å². The number of aromatic nitrogens is 3. The van der Waals surface area contributed by atoms with Crippen LogP contribution in [0.5, 0.6) is 0 Å². The minimum absolute atomic E-state index is 0.0431. The lowest BCUT2D eigenvalue weighted by Crippen LogP contribution is -2.34. The minimum Gasteiger partial charge on any atom is -0.366 e. The van der Waals surface area contributed by atoms with Crippen molar-refractivity contribution in [3.8, 4) is 0 Å². The van der Waals surface area contributed by atoms with Crippen LogP contribution in [0.1, 0.15) is 54.4 Å². The van der Waals surface area contributed by atoms with E-state index in [0.717, 1.165) is 51.6 Å². The van der Waals surface area contributed by atoms with Crippen LogP contribution in [0, 0.1) is 17.7 Å². The van der Waals surface area contributed by atoms with Crippen LogP contribution in [0.2, 0.25) is 5.02 Å². The molecule has 1 aliphatic rings. The molecule has 0 radical (unpaired) electrons. The first-order chi connectivity index (χ1) is 19.0. The van der Waals surface area contributed by atoms with Gasteiger partial charge in [-0.25, -0.2) is 13.8 Å². The number of primary amides is 1. The number of carbonyl (C=O) groups is 1. The van der Waals surface area contributed by atoms with Gasteiger partial charge in [0.05, 0.1) is 22.0 Å². The third-order valence-corrected chi connectivity index (χ3v) is 8.16. The Balaban J connectivity index is 1.56. The molecule has 4 N–H and O–H groups in total. The fourth-order valence-electron chi connectivity index (χ4n) is 5.68. The number of benzene rings is 2. The Hall–Kier alpha value is -4.17. The highest BCUT2D eigenvalue weighted by Crippen LogP contribution is 2.41. The number of rotatable bonds is 6. The van der Waals surface area contributed by atoms with E-state index in [2.05, 4.69) is 30.4 Å². The molecule has 9 heteroatoms. The number of nitrogens with zero attached hydrogens (tertiary/aromatic N) is 1. The summed E-state index contributed by atoms with van der Waals surface area (Å²) >= 11 is 6.75. The fourth-order valence-corrected chi connectivity index (χ4v) is 6.03. The van der Waals surface area contributed by atoms with Crippen LogP contribution in [0.25, 0.3) is 33.1 Å². The molecule has 0 saturated heterocycles. The molecule has 40 heavy (non-hydrogen) atoms. The highest BCUT2D eigenvalue weighted by Gasteiger charge is 2.28. The first-order valence-corrected chi connectivity index (χ1v) is 13.5. The number of para-hydroxylation sites is 1. The number of aryl methyl sites for hydroxylation is 1. The summed E-state index contributed by atoms with van der Waals surface area (Å²) in [5.41, 5.74) is 9.11. The molecular formula is C31H30ClFN4O3. The van der Waals surface area contributed by atoms with Gasteiger partial charge in [0.25, 0.3) is 11.5 Å². The number of hydrogen-bond donors (Lipinski definition) is 3. The van der Waals surface area contributed by atoms with Gasteiger partial charge >= 0.3 is 5.69 Å². The van der Waals surface area contributed by atoms with E-state index >= 15 is 0 Å². The molecule has 0 bridgehead atoms. The van der Waals surface area contributed by atoms with E-state index in [1.54, 1.807) is 18.2 Å². The molecule has 7 nitrogen and oxygen atoms in total. The van der Waals surface area contributed by atoms with Gasteiger partial charge in [0.2, 0.25) is 0 Å². The molecule has 0 spiro atoms. The van der Waals surface area contributed by atoms with E-state index in [9.17, 15) is 18.8 Å². The molecule has 0 saturated carbocycles. The quantitative estimate of drug-likeness (QED) is 0.253. The molecule has 2 aromatic carbocycles. The summed E-state index contributed by atoms with van der Waals surface area (Å²) in [6, 6.07) is 5.62. The van der Waals surface area contributed by atoms with Gasteiger partial charge in [-0.3, -0.25) is 9.59 Å². The predicted molar refractivity (Wildman–Crippen MR) is 159 cm³/mol. The molecule has 0 aliphatic heterocycles. The van der Waals surface area contributed by atoms with Crippen LogP contribution in [-0.2, 0) is 12.8 Å². The zero-order valence-corrected chi connectivity index (χ0v) is 23.3. The summed E-state index contributed by atoms with van der Waals surface area (Å²) in [6.45, 7) is 10.2. The van der Waals surface area contributed by atoms with E-state index in [4.69, 9.17) is 17.3 Å². The number of halogens is 2. The van der Waals surface area contributed by atoms with E-state index < -0.39 is 23.0 Å². The van der Waals surface area contributed by atoms with Crippen molar-refractivity contribution in [3.63, 3.8) is 0 Å². The number of fused-ring (bicyclic) bond motifs is 4. The second-order valence-corrected chi connectivity index (χ2v) is 11.1. The normalized spacial score (nSPS) is 15.8. The first kappa shape index (κ1) is 27.4. The average Bonchev–Trinajstić information content (AvgIpc) is 3.27. The molecule has 1 atom stereocenters. The second-order valence-electron chi connectivity index (χ2n) is 10.7. The van der Waals surface area contributed by atoms with Crippen molar-refractivity contribution in [3.05, 3.63) is 103 Å². The second kappa shape index (κ2) is 10.4. The maximum Gasteiger partial charge on any atom is 0.333 e. The molecule has 206 valence electrons. The van der Waals surface area contributed by atoms with E-state index in [-0.39, 0.29) is 16.6 Å². The maximum atomic E-state index is 14.1. The number of aromatic amines is 2. The number of nitrogens with two attached hydrogens (primary N) is 1. The molecule has 5 rings (SSSR count). The SMILES string of the molecule is C=C(/C=C\C=C(/C)c1c(Cl)cc(C(N)=O)c2[nH]c3c(c12)CCC(C(C)C)C3)n1c(=O)[nH]c2c(F)cccc2c1=O. The number of amides is 1. The Morgan fingerprint density at radius 3 is 2.70 bits per heavy atom. The molecule has 1 unspecified atom stereocenters. The summed E-state index contributed by atoms with van der Waals surface area (Å²) in [5.74, 6) is -0.156. The number of H-pyrrole nitrogens is 2. The summed E-state index contributed by atoms with van der Waals surface area (Å²) in [4.78, 5) is 43.7. The van der Waals surface area contributed by atoms with Gasteiger partial charge in [-0.2, -0.15) is 0 Å². The molecule has 2 heterocycles. The molecule has 1 amide bonds. The van der Waals surface area contributed by atoms with Crippen LogP contribution in [0.15, 0.2) is 58.7 Å². The minimum atomic E-state index is -0.789. The van der Waals surface area contributed by atoms with Crippen molar-refractivity contribution in [2.45, 2.75) is 40.0 Å². The van der Waals surface area contributed by atoms with Crippen LogP contribution < -0.4 is 17.0 Å². The smallest absolute Gasteiger partial charge is 0.333 e. The van der Waals surface area contributed by atoms with Crippen molar-refractivity contribution in [2.24, 2.45) is 17.6 Å². The highest BCUT2D eigenvalue weighted by molar-refractivity contribution is 6.34. The average molecular weight is 561 g/mol. The number of hydrogen-bond acceptors (Lipinski definition) is 3. The maximum absolute atomic E-state index is 14.1. The summed E-state index contributed by atoms with van der Waals surface area (Å²) in [5, 5.41) is 1.34. The fraction of sp³-hybridized carbons (Fsp3) is 0.258. The standard InChI is InChI=1S/C31H30ClFN4O3/c1-15(2)18-11-12-19-24(13-18)35-28-21(29(34)38)14-22(32)25(26(19)28)16(3)7-5-8-17(4)37-30(39)20-9-6-10-23(33)27(20)36-31(37)40/h5-10,14-15,18,35H,4,11-13H2,1-3H3,(H2,34,38)(H,36,40)/b8-5-,16-7+. The zero-order valence-electron chi connectivity index (χ0n) is 22.5. The van der Waals surface area contributed by atoms with Gasteiger partial charge in [-0.1, -0.05) is 50.2 Å². The third kappa shape index (κ3) is 4.62. The topological polar surface area (TPSA) is 114 Å². The van der Waals surface area contributed by atoms with E-state index in [1.807, 2.05) is 6.92 Å². The zero-order chi connectivity index (χ0) is 28.9. The summed E-state index contributed by atoms with van der Waals surface area (Å²) in [7, 11) is 0. The van der Waals surface area contributed by atoms with Crippen molar-refractivity contribution in [1.29, 1.82) is 0 Å². The predicted octanol–water partition coefficient (Wildman–Crippen LogP) is 5.95. The largest absolute Gasteiger partial charge is 0.366 e. The van der Waals surface area contributed by atoms with Gasteiger partial charge in [0.15, 0.2) is 0 Å². The molecule has 4 aromatic rings. The Labute approximate surface area is 234 Å². The highest BCUT2D eigenvalue weighted by atomic mass is 35.5. The van der Waals surface area contributed by atoms with Gasteiger partial charge < -0.3 is 15.7 Å².